The molecule has 0 atom stereocenters. The molecule has 0 bridgehead atoms. The Balaban J connectivity index is 1.87. The van der Waals surface area contributed by atoms with Gasteiger partial charge in [-0.25, -0.2) is 0 Å². The summed E-state index contributed by atoms with van der Waals surface area (Å²) in [5.74, 6) is 0. The van der Waals surface area contributed by atoms with Crippen LogP contribution in [0.3, 0.4) is 0 Å². The van der Waals surface area contributed by atoms with Crippen molar-refractivity contribution in [1.29, 1.82) is 0 Å². The van der Waals surface area contributed by atoms with E-state index in [1.807, 2.05) is 0 Å². The molecule has 0 saturated heterocycles. The predicted octanol–water partition coefficient (Wildman–Crippen LogP) is 3.03. The molecule has 1 aliphatic rings. The van der Waals surface area contributed by atoms with Crippen LogP contribution >= 0.6 is 0 Å². The largest absolute Gasteiger partial charge is 0.111 e. The fraction of sp³-hybridized carbons (Fsp3) is 0.286. The molecule has 0 fully saturated rings. The normalized spacial score (nSPS) is 16.7. The third-order valence-corrected chi connectivity index (χ3v) is 3.65. The minimum Gasteiger partial charge on any atom is -0.0930 e. The Morgan fingerprint density at radius 3 is 2.67 bits per heavy atom. The second-order valence-electron chi connectivity index (χ2n) is 3.87. The van der Waals surface area contributed by atoms with Crippen molar-refractivity contribution in [2.24, 2.45) is 0 Å². The van der Waals surface area contributed by atoms with Crippen molar-refractivity contribution in [3.8, 4) is 0 Å². The molecule has 0 saturated carbocycles. The van der Waals surface area contributed by atoms with E-state index in [4.69, 9.17) is 0 Å². The minimum atomic E-state index is 0.807. The quantitative estimate of drug-likeness (QED) is 0.676. The first-order valence-corrected chi connectivity index (χ1v) is 6.70. The molecule has 0 N–H and O–H groups in total. The molecule has 2 rings (SSSR count). The number of hydrogen-bond acceptors (Lipinski definition) is 0. The van der Waals surface area contributed by atoms with Crippen LogP contribution < -0.4 is 5.19 Å². The van der Waals surface area contributed by atoms with Crippen molar-refractivity contribution < 1.29 is 0 Å². The van der Waals surface area contributed by atoms with Crippen LogP contribution in [0.5, 0.6) is 0 Å². The fourth-order valence-corrected chi connectivity index (χ4v) is 2.67. The van der Waals surface area contributed by atoms with Gasteiger partial charge in [-0.1, -0.05) is 58.9 Å². The Labute approximate surface area is 94.5 Å². The van der Waals surface area contributed by atoms with Crippen LogP contribution in [0.2, 0.25) is 0 Å². The van der Waals surface area contributed by atoms with Crippen LogP contribution in [0.1, 0.15) is 25.7 Å². The maximum Gasteiger partial charge on any atom is 0.111 e. The van der Waals surface area contributed by atoms with Gasteiger partial charge < -0.3 is 0 Å². The van der Waals surface area contributed by atoms with Crippen molar-refractivity contribution >= 4 is 14.7 Å². The average molecular weight is 212 g/mol. The number of benzene rings is 1. The summed E-state index contributed by atoms with van der Waals surface area (Å²) < 4.78 is 0. The second kappa shape index (κ2) is 5.71. The number of rotatable bonds is 3. The molecule has 15 heavy (non-hydrogen) atoms. The molecule has 1 heteroatoms. The summed E-state index contributed by atoms with van der Waals surface area (Å²) in [6.07, 6.45) is 9.98. The van der Waals surface area contributed by atoms with Gasteiger partial charge in [0.15, 0.2) is 0 Å². The Morgan fingerprint density at radius 1 is 1.07 bits per heavy atom. The van der Waals surface area contributed by atoms with E-state index in [1.165, 1.54) is 36.4 Å². The zero-order valence-corrected chi connectivity index (χ0v) is 9.95. The third-order valence-electron chi connectivity index (χ3n) is 2.65. The van der Waals surface area contributed by atoms with Gasteiger partial charge in [0.1, 0.15) is 9.52 Å². The molecule has 0 unspecified atom stereocenters. The van der Waals surface area contributed by atoms with Crippen molar-refractivity contribution in [3.05, 3.63) is 53.8 Å². The van der Waals surface area contributed by atoms with Gasteiger partial charge >= 0.3 is 0 Å². The highest BCUT2D eigenvalue weighted by molar-refractivity contribution is 6.58. The molecule has 0 aromatic heterocycles. The number of hydrogen-bond donors (Lipinski definition) is 0. The number of allylic oxidation sites excluding steroid dienone is 3. The van der Waals surface area contributed by atoms with Crippen molar-refractivity contribution in [3.63, 3.8) is 0 Å². The van der Waals surface area contributed by atoms with E-state index in [2.05, 4.69) is 48.2 Å². The Bertz CT molecular complexity index is 349. The molecule has 1 aliphatic carbocycles. The van der Waals surface area contributed by atoms with Gasteiger partial charge in [0.05, 0.1) is 0 Å². The highest BCUT2D eigenvalue weighted by atomic mass is 28.2. The van der Waals surface area contributed by atoms with Crippen molar-refractivity contribution in [1.82, 2.24) is 0 Å². The van der Waals surface area contributed by atoms with E-state index < -0.39 is 0 Å². The molecule has 1 aromatic rings. The van der Waals surface area contributed by atoms with Crippen molar-refractivity contribution in [2.75, 3.05) is 0 Å². The second-order valence-corrected chi connectivity index (χ2v) is 5.07. The zero-order valence-electron chi connectivity index (χ0n) is 8.95. The standard InChI is InChI=1S/C14H16Si/c1-3-7-13(8-4-1)11-12-15-14-9-5-2-6-10-14/h2,5-7,9-12H,1,3-4,8H2/b12-11+. The maximum atomic E-state index is 2.38. The van der Waals surface area contributed by atoms with Gasteiger partial charge in [-0.15, -0.1) is 0 Å². The molecule has 0 aliphatic heterocycles. The molecule has 0 heterocycles. The van der Waals surface area contributed by atoms with Gasteiger partial charge in [-0.05, 0) is 25.7 Å². The molecular weight excluding hydrogens is 196 g/mol. The minimum absolute atomic E-state index is 0.807. The molecule has 76 valence electrons. The van der Waals surface area contributed by atoms with Crippen LogP contribution in [-0.4, -0.2) is 9.52 Å². The first kappa shape index (κ1) is 10.4. The molecular formula is C14H16Si. The predicted molar refractivity (Wildman–Crippen MR) is 67.5 cm³/mol. The van der Waals surface area contributed by atoms with E-state index in [9.17, 15) is 0 Å². The lowest BCUT2D eigenvalue weighted by atomic mass is 10.00. The smallest absolute Gasteiger partial charge is 0.0930 e. The molecule has 0 spiro atoms. The molecule has 0 amide bonds. The van der Waals surface area contributed by atoms with E-state index in [0.29, 0.717) is 0 Å². The zero-order chi connectivity index (χ0) is 10.3. The Hall–Kier alpha value is -1.08. The summed E-state index contributed by atoms with van der Waals surface area (Å²) in [5, 5.41) is 1.42. The lowest BCUT2D eigenvalue weighted by molar-refractivity contribution is 0.712. The van der Waals surface area contributed by atoms with Gasteiger partial charge in [0.25, 0.3) is 0 Å². The fourth-order valence-electron chi connectivity index (χ4n) is 1.79. The van der Waals surface area contributed by atoms with E-state index >= 15 is 0 Å². The van der Waals surface area contributed by atoms with Gasteiger partial charge in [0.2, 0.25) is 0 Å². The topological polar surface area (TPSA) is 0 Å². The first-order chi connectivity index (χ1) is 7.45. The lowest BCUT2D eigenvalue weighted by Gasteiger charge is -2.07. The van der Waals surface area contributed by atoms with E-state index in [0.717, 1.165) is 9.52 Å². The van der Waals surface area contributed by atoms with Gasteiger partial charge in [-0.2, -0.15) is 0 Å². The van der Waals surface area contributed by atoms with E-state index in [1.54, 1.807) is 0 Å². The van der Waals surface area contributed by atoms with Gasteiger partial charge in [-0.3, -0.25) is 0 Å². The lowest BCUT2D eigenvalue weighted by Crippen LogP contribution is -2.10. The first-order valence-electron chi connectivity index (χ1n) is 5.62. The Morgan fingerprint density at radius 2 is 1.93 bits per heavy atom. The van der Waals surface area contributed by atoms with Crippen LogP contribution in [0.4, 0.5) is 0 Å². The molecule has 0 nitrogen and oxygen atoms in total. The SMILES string of the molecule is C1=C(/C=C/[Si]c2ccccc2)CCCC1. The van der Waals surface area contributed by atoms with Crippen LogP contribution in [0.15, 0.2) is 53.8 Å². The maximum absolute atomic E-state index is 2.38. The summed E-state index contributed by atoms with van der Waals surface area (Å²) in [6.45, 7) is 0. The monoisotopic (exact) mass is 212 g/mol. The Kier molecular flexibility index (Phi) is 3.98. The van der Waals surface area contributed by atoms with Crippen LogP contribution in [0.25, 0.3) is 0 Å². The summed E-state index contributed by atoms with van der Waals surface area (Å²) in [6, 6.07) is 10.7. The molecule has 2 radical (unpaired) electrons. The average Bonchev–Trinajstić information content (AvgIpc) is 2.32. The van der Waals surface area contributed by atoms with Crippen LogP contribution in [0, 0.1) is 0 Å². The van der Waals surface area contributed by atoms with Gasteiger partial charge in [0, 0.05) is 0 Å². The van der Waals surface area contributed by atoms with Crippen LogP contribution in [-0.2, 0) is 0 Å². The van der Waals surface area contributed by atoms with Crippen molar-refractivity contribution in [2.45, 2.75) is 25.7 Å². The summed E-state index contributed by atoms with van der Waals surface area (Å²) in [5.41, 5.74) is 3.84. The highest BCUT2D eigenvalue weighted by Gasteiger charge is 1.99. The summed E-state index contributed by atoms with van der Waals surface area (Å²) in [4.78, 5) is 0. The summed E-state index contributed by atoms with van der Waals surface area (Å²) >= 11 is 0. The highest BCUT2D eigenvalue weighted by Crippen LogP contribution is 2.17. The summed E-state index contributed by atoms with van der Waals surface area (Å²) in [7, 11) is 0.807. The molecule has 1 aromatic carbocycles. The third kappa shape index (κ3) is 3.52. The van der Waals surface area contributed by atoms with E-state index in [-0.39, 0.29) is 0 Å².